The summed E-state index contributed by atoms with van der Waals surface area (Å²) in [5, 5.41) is 0.251. The van der Waals surface area contributed by atoms with Gasteiger partial charge in [-0.2, -0.15) is 13.2 Å². The van der Waals surface area contributed by atoms with Crippen LogP contribution in [0.5, 0.6) is 0 Å². The third-order valence-corrected chi connectivity index (χ3v) is 6.92. The van der Waals surface area contributed by atoms with Gasteiger partial charge >= 0.3 is 6.18 Å². The van der Waals surface area contributed by atoms with Gasteiger partial charge in [-0.15, -0.1) is 0 Å². The molecule has 0 radical (unpaired) electrons. The Hall–Kier alpha value is -1.58. The zero-order chi connectivity index (χ0) is 18.6. The number of sulfonamides is 1. The summed E-state index contributed by atoms with van der Waals surface area (Å²) in [6.45, 7) is 1.23. The summed E-state index contributed by atoms with van der Waals surface area (Å²) in [4.78, 5) is 2.62. The Bertz CT molecular complexity index is 926. The van der Waals surface area contributed by atoms with E-state index in [0.717, 1.165) is 37.8 Å². The van der Waals surface area contributed by atoms with Crippen LogP contribution in [-0.2, 0) is 20.9 Å². The van der Waals surface area contributed by atoms with Crippen molar-refractivity contribution in [3.8, 4) is 0 Å². The van der Waals surface area contributed by atoms with Crippen molar-refractivity contribution in [2.45, 2.75) is 42.3 Å². The minimum absolute atomic E-state index is 0.0239. The van der Waals surface area contributed by atoms with Gasteiger partial charge in [0.2, 0.25) is 10.0 Å². The molecule has 2 N–H and O–H groups in total. The summed E-state index contributed by atoms with van der Waals surface area (Å²) in [5.41, 5.74) is -1.16. The fourth-order valence-electron chi connectivity index (χ4n) is 3.73. The molecule has 1 saturated heterocycles. The molecule has 1 unspecified atom stereocenters. The quantitative estimate of drug-likeness (QED) is 0.843. The van der Waals surface area contributed by atoms with Gasteiger partial charge in [0.15, 0.2) is 0 Å². The van der Waals surface area contributed by atoms with Crippen molar-refractivity contribution in [2.75, 3.05) is 13.2 Å². The van der Waals surface area contributed by atoms with E-state index < -0.39 is 27.3 Å². The molecule has 5 nitrogen and oxygen atoms in total. The van der Waals surface area contributed by atoms with E-state index >= 15 is 0 Å². The Morgan fingerprint density at radius 2 is 2.04 bits per heavy atom. The molecular weight excluding hydrogens is 369 g/mol. The molecule has 1 aliphatic heterocycles. The van der Waals surface area contributed by atoms with E-state index in [0.29, 0.717) is 13.2 Å². The molecule has 2 aromatic rings. The second-order valence-corrected chi connectivity index (χ2v) is 8.74. The van der Waals surface area contributed by atoms with Gasteiger partial charge in [0, 0.05) is 35.2 Å². The van der Waals surface area contributed by atoms with E-state index in [1.807, 2.05) is 0 Å². The molecule has 1 aromatic heterocycles. The van der Waals surface area contributed by atoms with E-state index in [1.165, 1.54) is 12.3 Å². The number of rotatable bonds is 4. The Kier molecular flexibility index (Phi) is 4.09. The fourth-order valence-corrected chi connectivity index (χ4v) is 5.42. The smallest absolute Gasteiger partial charge is 0.381 e. The lowest BCUT2D eigenvalue weighted by Crippen LogP contribution is -2.45. The number of ether oxygens (including phenoxy) is 1. The first-order valence-corrected chi connectivity index (χ1v) is 10.00. The van der Waals surface area contributed by atoms with Crippen LogP contribution in [0.1, 0.15) is 31.2 Å². The third-order valence-electron chi connectivity index (χ3n) is 5.33. The van der Waals surface area contributed by atoms with Crippen LogP contribution in [0.4, 0.5) is 13.2 Å². The van der Waals surface area contributed by atoms with Crippen LogP contribution >= 0.6 is 0 Å². The zero-order valence-corrected chi connectivity index (χ0v) is 14.7. The predicted octanol–water partition coefficient (Wildman–Crippen LogP) is 3.42. The molecule has 0 spiro atoms. The molecular formula is C17H19F3N2O3S. The highest BCUT2D eigenvalue weighted by Crippen LogP contribution is 2.46. The van der Waals surface area contributed by atoms with Crippen molar-refractivity contribution in [2.24, 2.45) is 5.92 Å². The van der Waals surface area contributed by atoms with Crippen LogP contribution in [0.2, 0.25) is 0 Å². The van der Waals surface area contributed by atoms with E-state index in [-0.39, 0.29) is 21.7 Å². The number of nitrogens with one attached hydrogen (secondary N) is 2. The molecule has 2 aliphatic rings. The first kappa shape index (κ1) is 17.8. The van der Waals surface area contributed by atoms with E-state index in [2.05, 4.69) is 9.71 Å². The number of benzene rings is 1. The minimum atomic E-state index is -4.48. The molecule has 1 aliphatic carbocycles. The van der Waals surface area contributed by atoms with Gasteiger partial charge in [-0.25, -0.2) is 13.1 Å². The lowest BCUT2D eigenvalue weighted by atomic mass is 9.92. The summed E-state index contributed by atoms with van der Waals surface area (Å²) < 4.78 is 72.6. The summed E-state index contributed by atoms with van der Waals surface area (Å²) in [7, 11) is -3.85. The highest BCUT2D eigenvalue weighted by Gasteiger charge is 2.52. The largest absolute Gasteiger partial charge is 0.416 e. The highest BCUT2D eigenvalue weighted by molar-refractivity contribution is 7.89. The maximum absolute atomic E-state index is 12.9. The van der Waals surface area contributed by atoms with Crippen LogP contribution in [0, 0.1) is 5.92 Å². The van der Waals surface area contributed by atoms with Crippen LogP contribution < -0.4 is 4.72 Å². The fraction of sp³-hybridized carbons (Fsp3) is 0.529. The van der Waals surface area contributed by atoms with Crippen LogP contribution in [0.15, 0.2) is 29.3 Å². The minimum Gasteiger partial charge on any atom is -0.381 e. The number of fused-ring (bicyclic) bond motifs is 1. The maximum atomic E-state index is 12.9. The molecule has 26 heavy (non-hydrogen) atoms. The van der Waals surface area contributed by atoms with Crippen molar-refractivity contribution >= 4 is 20.9 Å². The summed E-state index contributed by atoms with van der Waals surface area (Å²) >= 11 is 0. The summed E-state index contributed by atoms with van der Waals surface area (Å²) in [6.07, 6.45) is 0.0880. The number of halogens is 3. The van der Waals surface area contributed by atoms with Gasteiger partial charge in [0.05, 0.1) is 12.2 Å². The van der Waals surface area contributed by atoms with Gasteiger partial charge in [0.25, 0.3) is 0 Å². The average molecular weight is 388 g/mol. The standard InChI is InChI=1S/C17H19F3N2O3S/c18-17(19,20)11-3-4-13-14(8-11)21-9-15(13)26(23,24)22-16(5-6-16)12-2-1-7-25-10-12/h3-4,8-9,12,21-22H,1-2,5-7,10H2. The molecule has 142 valence electrons. The molecule has 4 rings (SSSR count). The second-order valence-electron chi connectivity index (χ2n) is 7.09. The topological polar surface area (TPSA) is 71.2 Å². The van der Waals surface area contributed by atoms with Gasteiger partial charge in [-0.1, -0.05) is 6.07 Å². The number of aromatic amines is 1. The Morgan fingerprint density at radius 3 is 2.65 bits per heavy atom. The van der Waals surface area contributed by atoms with Crippen LogP contribution in [0.3, 0.4) is 0 Å². The maximum Gasteiger partial charge on any atom is 0.416 e. The molecule has 2 heterocycles. The SMILES string of the molecule is O=S(=O)(NC1(C2CCCOC2)CC1)c1c[nH]c2cc(C(F)(F)F)ccc12. The second kappa shape index (κ2) is 5.97. The van der Waals surface area contributed by atoms with E-state index in [4.69, 9.17) is 4.74 Å². The monoisotopic (exact) mass is 388 g/mol. The number of aromatic nitrogens is 1. The molecule has 0 amide bonds. The number of hydrogen-bond donors (Lipinski definition) is 2. The average Bonchev–Trinajstić information content (AvgIpc) is 3.22. The molecule has 2 fully saturated rings. The van der Waals surface area contributed by atoms with Crippen molar-refractivity contribution in [3.63, 3.8) is 0 Å². The van der Waals surface area contributed by atoms with E-state index in [9.17, 15) is 21.6 Å². The molecule has 1 saturated carbocycles. The number of alkyl halides is 3. The Labute approximate surface area is 149 Å². The van der Waals surface area contributed by atoms with Gasteiger partial charge in [-0.3, -0.25) is 0 Å². The van der Waals surface area contributed by atoms with Crippen LogP contribution in [0.25, 0.3) is 10.9 Å². The zero-order valence-electron chi connectivity index (χ0n) is 13.9. The molecule has 1 aromatic carbocycles. The van der Waals surface area contributed by atoms with Crippen molar-refractivity contribution in [1.29, 1.82) is 0 Å². The van der Waals surface area contributed by atoms with Gasteiger partial charge < -0.3 is 9.72 Å². The Morgan fingerprint density at radius 1 is 1.27 bits per heavy atom. The van der Waals surface area contributed by atoms with E-state index in [1.54, 1.807) is 0 Å². The normalized spacial score (nSPS) is 23.3. The van der Waals surface area contributed by atoms with Crippen molar-refractivity contribution < 1.29 is 26.3 Å². The molecule has 1 atom stereocenters. The van der Waals surface area contributed by atoms with Crippen molar-refractivity contribution in [1.82, 2.24) is 9.71 Å². The predicted molar refractivity (Wildman–Crippen MR) is 89.1 cm³/mol. The first-order chi connectivity index (χ1) is 12.2. The van der Waals surface area contributed by atoms with Gasteiger partial charge in [0.1, 0.15) is 4.90 Å². The number of H-pyrrole nitrogens is 1. The Balaban J connectivity index is 1.64. The highest BCUT2D eigenvalue weighted by atomic mass is 32.2. The number of hydrogen-bond acceptors (Lipinski definition) is 3. The third kappa shape index (κ3) is 3.12. The summed E-state index contributed by atoms with van der Waals surface area (Å²) in [5.74, 6) is 0.132. The van der Waals surface area contributed by atoms with Crippen LogP contribution in [-0.4, -0.2) is 32.2 Å². The molecule has 9 heteroatoms. The van der Waals surface area contributed by atoms with Crippen molar-refractivity contribution in [3.05, 3.63) is 30.0 Å². The first-order valence-electron chi connectivity index (χ1n) is 8.51. The van der Waals surface area contributed by atoms with Gasteiger partial charge in [-0.05, 0) is 37.8 Å². The molecule has 0 bridgehead atoms. The lowest BCUT2D eigenvalue weighted by molar-refractivity contribution is -0.137. The lowest BCUT2D eigenvalue weighted by Gasteiger charge is -2.30. The summed E-state index contributed by atoms with van der Waals surface area (Å²) in [6, 6.07) is 3.03.